The van der Waals surface area contributed by atoms with Gasteiger partial charge >= 0.3 is 0 Å². The van der Waals surface area contributed by atoms with Crippen molar-refractivity contribution in [2.75, 3.05) is 62.9 Å². The molecule has 0 bridgehead atoms. The molecule has 1 aromatic carbocycles. The minimum Gasteiger partial charge on any atom is -0.386 e. The number of hydrogen-bond donors (Lipinski definition) is 3. The van der Waals surface area contributed by atoms with Gasteiger partial charge in [0.15, 0.2) is 0 Å². The van der Waals surface area contributed by atoms with Crippen LogP contribution in [0.3, 0.4) is 0 Å². The van der Waals surface area contributed by atoms with E-state index in [0.29, 0.717) is 11.2 Å². The summed E-state index contributed by atoms with van der Waals surface area (Å²) in [4.78, 5) is 12.7. The van der Waals surface area contributed by atoms with Crippen LogP contribution in [0.1, 0.15) is 19.3 Å². The fraction of sp³-hybridized carbons (Fsp3) is 0.524. The second-order valence-electron chi connectivity index (χ2n) is 7.95. The van der Waals surface area contributed by atoms with E-state index in [0.717, 1.165) is 37.6 Å². The number of benzene rings is 1. The Balaban J connectivity index is 1.65. The van der Waals surface area contributed by atoms with Crippen LogP contribution in [-0.2, 0) is 0 Å². The zero-order valence-corrected chi connectivity index (χ0v) is 17.3. The number of piperidine rings is 1. The monoisotopic (exact) mass is 383 g/mol. The van der Waals surface area contributed by atoms with E-state index < -0.39 is 0 Å². The predicted octanol–water partition coefficient (Wildman–Crippen LogP) is 2.81. The second-order valence-corrected chi connectivity index (χ2v) is 7.95. The van der Waals surface area contributed by atoms with Gasteiger partial charge in [0.2, 0.25) is 0 Å². The molecule has 2 aliphatic heterocycles. The number of rotatable bonds is 7. The van der Waals surface area contributed by atoms with Crippen LogP contribution in [0, 0.1) is 5.41 Å². The molecular formula is C21H33N7. The van der Waals surface area contributed by atoms with Crippen molar-refractivity contribution in [1.82, 2.24) is 10.2 Å². The van der Waals surface area contributed by atoms with Crippen LogP contribution < -0.4 is 20.9 Å². The van der Waals surface area contributed by atoms with Crippen molar-refractivity contribution in [2.45, 2.75) is 19.3 Å². The number of aliphatic imine (C=N–C) groups is 2. The van der Waals surface area contributed by atoms with E-state index in [-0.39, 0.29) is 0 Å². The van der Waals surface area contributed by atoms with Gasteiger partial charge in [0.05, 0.1) is 17.7 Å². The molecule has 3 N–H and O–H groups in total. The van der Waals surface area contributed by atoms with Gasteiger partial charge in [-0.15, -0.1) is 0 Å². The van der Waals surface area contributed by atoms with E-state index in [9.17, 15) is 0 Å². The SMILES string of the molecule is C=C(/N=C\N=C\N(C)C)Nc1ccc(N2CCC3(CCNCC3)C2)cc1NC. The van der Waals surface area contributed by atoms with Crippen LogP contribution in [0.2, 0.25) is 0 Å². The zero-order chi connectivity index (χ0) is 20.0. The smallest absolute Gasteiger partial charge is 0.124 e. The fourth-order valence-electron chi connectivity index (χ4n) is 4.02. The number of nitrogens with one attached hydrogen (secondary N) is 3. The van der Waals surface area contributed by atoms with Crippen molar-refractivity contribution in [3.63, 3.8) is 0 Å². The normalized spacial score (nSPS) is 18.9. The van der Waals surface area contributed by atoms with Gasteiger partial charge in [-0.05, 0) is 56.0 Å². The fourth-order valence-corrected chi connectivity index (χ4v) is 4.02. The molecule has 28 heavy (non-hydrogen) atoms. The van der Waals surface area contributed by atoms with Crippen LogP contribution in [-0.4, -0.2) is 64.9 Å². The summed E-state index contributed by atoms with van der Waals surface area (Å²) in [5, 5.41) is 10.0. The molecule has 0 saturated carbocycles. The van der Waals surface area contributed by atoms with Gasteiger partial charge in [-0.25, -0.2) is 9.98 Å². The Morgan fingerprint density at radius 2 is 2.04 bits per heavy atom. The van der Waals surface area contributed by atoms with Gasteiger partial charge in [0, 0.05) is 39.9 Å². The summed E-state index contributed by atoms with van der Waals surface area (Å²) in [6.45, 7) is 8.56. The number of anilines is 3. The lowest BCUT2D eigenvalue weighted by Crippen LogP contribution is -2.38. The first-order valence-electron chi connectivity index (χ1n) is 9.97. The van der Waals surface area contributed by atoms with Gasteiger partial charge in [-0.3, -0.25) is 0 Å². The Bertz CT molecular complexity index is 732. The van der Waals surface area contributed by atoms with Crippen molar-refractivity contribution < 1.29 is 0 Å². The summed E-state index contributed by atoms with van der Waals surface area (Å²) in [6.07, 6.45) is 7.05. The second kappa shape index (κ2) is 9.10. The molecule has 0 aromatic heterocycles. The molecule has 0 atom stereocenters. The summed E-state index contributed by atoms with van der Waals surface area (Å²) in [6, 6.07) is 6.49. The minimum atomic E-state index is 0.498. The van der Waals surface area contributed by atoms with Crippen molar-refractivity contribution in [3.8, 4) is 0 Å². The highest BCUT2D eigenvalue weighted by atomic mass is 15.2. The molecule has 7 heteroatoms. The molecule has 1 aromatic rings. The van der Waals surface area contributed by atoms with Crippen LogP contribution >= 0.6 is 0 Å². The number of nitrogens with zero attached hydrogens (tertiary/aromatic N) is 4. The van der Waals surface area contributed by atoms with E-state index in [1.165, 1.54) is 31.3 Å². The summed E-state index contributed by atoms with van der Waals surface area (Å²) < 4.78 is 0. The Hall–Kier alpha value is -2.54. The van der Waals surface area contributed by atoms with Crippen LogP contribution in [0.25, 0.3) is 0 Å². The highest BCUT2D eigenvalue weighted by Crippen LogP contribution is 2.41. The maximum atomic E-state index is 4.22. The average molecular weight is 384 g/mol. The van der Waals surface area contributed by atoms with Gasteiger partial charge in [0.25, 0.3) is 0 Å². The van der Waals surface area contributed by atoms with Crippen molar-refractivity contribution in [2.24, 2.45) is 15.4 Å². The van der Waals surface area contributed by atoms with Crippen molar-refractivity contribution >= 4 is 29.7 Å². The molecule has 0 aliphatic carbocycles. The van der Waals surface area contributed by atoms with Gasteiger partial charge in [0.1, 0.15) is 12.2 Å². The van der Waals surface area contributed by atoms with E-state index in [1.54, 1.807) is 6.34 Å². The summed E-state index contributed by atoms with van der Waals surface area (Å²) in [7, 11) is 5.77. The van der Waals surface area contributed by atoms with Crippen molar-refractivity contribution in [3.05, 3.63) is 30.6 Å². The molecule has 2 heterocycles. The summed E-state index contributed by atoms with van der Waals surface area (Å²) in [5.74, 6) is 0.551. The molecule has 0 radical (unpaired) electrons. The third kappa shape index (κ3) is 5.04. The molecule has 2 aliphatic rings. The van der Waals surface area contributed by atoms with E-state index in [2.05, 4.69) is 55.6 Å². The molecule has 3 rings (SSSR count). The molecule has 152 valence electrons. The topological polar surface area (TPSA) is 67.3 Å². The lowest BCUT2D eigenvalue weighted by Gasteiger charge is -2.34. The quantitative estimate of drug-likeness (QED) is 0.499. The Kier molecular flexibility index (Phi) is 6.57. The summed E-state index contributed by atoms with van der Waals surface area (Å²) >= 11 is 0. The molecule has 2 fully saturated rings. The molecule has 1 spiro atoms. The van der Waals surface area contributed by atoms with E-state index in [4.69, 9.17) is 0 Å². The Morgan fingerprint density at radius 3 is 2.75 bits per heavy atom. The maximum Gasteiger partial charge on any atom is 0.124 e. The summed E-state index contributed by atoms with van der Waals surface area (Å²) in [5.41, 5.74) is 3.77. The molecular weight excluding hydrogens is 350 g/mol. The third-order valence-corrected chi connectivity index (χ3v) is 5.60. The van der Waals surface area contributed by atoms with Crippen LogP contribution in [0.15, 0.2) is 40.6 Å². The van der Waals surface area contributed by atoms with Gasteiger partial charge in [-0.2, -0.15) is 0 Å². The zero-order valence-electron chi connectivity index (χ0n) is 17.3. The van der Waals surface area contributed by atoms with Gasteiger partial charge < -0.3 is 25.8 Å². The first-order valence-corrected chi connectivity index (χ1v) is 9.97. The molecule has 2 saturated heterocycles. The largest absolute Gasteiger partial charge is 0.386 e. The third-order valence-electron chi connectivity index (χ3n) is 5.60. The number of hydrogen-bond acceptors (Lipinski definition) is 5. The Labute approximate surface area is 168 Å². The van der Waals surface area contributed by atoms with Crippen LogP contribution in [0.4, 0.5) is 17.1 Å². The maximum absolute atomic E-state index is 4.22. The predicted molar refractivity (Wildman–Crippen MR) is 121 cm³/mol. The Morgan fingerprint density at radius 1 is 1.25 bits per heavy atom. The lowest BCUT2D eigenvalue weighted by molar-refractivity contribution is 0.232. The van der Waals surface area contributed by atoms with Gasteiger partial charge in [-0.1, -0.05) is 6.58 Å². The van der Waals surface area contributed by atoms with Crippen molar-refractivity contribution in [1.29, 1.82) is 0 Å². The lowest BCUT2D eigenvalue weighted by atomic mass is 9.78. The van der Waals surface area contributed by atoms with E-state index >= 15 is 0 Å². The standard InChI is InChI=1S/C21H33N7/c1-17(25-15-24-16-27(3)4)26-19-6-5-18(13-20(19)22-2)28-12-9-21(14-28)7-10-23-11-8-21/h5-6,13,15-16,22-23,26H,1,7-12,14H2,2-4H3/b24-16+,25-15-. The highest BCUT2D eigenvalue weighted by Gasteiger charge is 2.38. The highest BCUT2D eigenvalue weighted by molar-refractivity contribution is 5.76. The minimum absolute atomic E-state index is 0.498. The molecule has 0 unspecified atom stereocenters. The first kappa shape index (κ1) is 20.2. The van der Waals surface area contributed by atoms with E-state index in [1.807, 2.05) is 26.0 Å². The average Bonchev–Trinajstić information content (AvgIpc) is 3.09. The first-order chi connectivity index (χ1) is 13.5. The molecule has 7 nitrogen and oxygen atoms in total. The molecule has 0 amide bonds. The van der Waals surface area contributed by atoms with Crippen LogP contribution in [0.5, 0.6) is 0 Å².